The maximum absolute atomic E-state index is 11.1. The fraction of sp³-hybridized carbons (Fsp3) is 0.375. The van der Waals surface area contributed by atoms with Gasteiger partial charge in [-0.25, -0.2) is 4.98 Å². The van der Waals surface area contributed by atoms with Crippen molar-refractivity contribution in [1.29, 1.82) is 0 Å². The molecule has 0 saturated carbocycles. The van der Waals surface area contributed by atoms with Gasteiger partial charge in [-0.2, -0.15) is 0 Å². The van der Waals surface area contributed by atoms with Gasteiger partial charge in [0.25, 0.3) is 0 Å². The Labute approximate surface area is 124 Å². The molecule has 1 heterocycles. The summed E-state index contributed by atoms with van der Waals surface area (Å²) in [5, 5.41) is 0.937. The van der Waals surface area contributed by atoms with Gasteiger partial charge in [0.1, 0.15) is 0 Å². The molecule has 0 aliphatic carbocycles. The van der Waals surface area contributed by atoms with Crippen LogP contribution in [-0.4, -0.2) is 24.9 Å². The lowest BCUT2D eigenvalue weighted by Gasteiger charge is -2.15. The molecule has 1 aromatic carbocycles. The Balaban J connectivity index is 2.01. The normalized spacial score (nSPS) is 10.5. The number of thiazole rings is 1. The summed E-state index contributed by atoms with van der Waals surface area (Å²) < 4.78 is 0. The molecule has 20 heavy (non-hydrogen) atoms. The maximum atomic E-state index is 11.1. The first-order chi connectivity index (χ1) is 9.74. The number of rotatable bonds is 7. The predicted molar refractivity (Wildman–Crippen MR) is 84.9 cm³/mol. The third-order valence-electron chi connectivity index (χ3n) is 3.22. The highest BCUT2D eigenvalue weighted by atomic mass is 32.1. The first kappa shape index (κ1) is 14.7. The molecule has 0 saturated heterocycles. The summed E-state index contributed by atoms with van der Waals surface area (Å²) in [5.74, 6) is 0. The third kappa shape index (κ3) is 3.67. The molecule has 0 radical (unpaired) electrons. The van der Waals surface area contributed by atoms with Crippen LogP contribution in [0.1, 0.15) is 34.3 Å². The number of carbonyl (C=O) groups is 1. The molecule has 0 bridgehead atoms. The first-order valence-corrected chi connectivity index (χ1v) is 7.76. The van der Waals surface area contributed by atoms with Crippen molar-refractivity contribution in [2.75, 3.05) is 18.5 Å². The molecule has 0 amide bonds. The fourth-order valence-electron chi connectivity index (χ4n) is 2.06. The summed E-state index contributed by atoms with van der Waals surface area (Å²) >= 11 is 1.49. The summed E-state index contributed by atoms with van der Waals surface area (Å²) in [4.78, 5) is 18.6. The Bertz CT molecular complexity index is 551. The number of nitrogens with zero attached hydrogens (tertiary/aromatic N) is 2. The highest BCUT2D eigenvalue weighted by molar-refractivity contribution is 7.17. The molecular weight excluding hydrogens is 268 g/mol. The van der Waals surface area contributed by atoms with Gasteiger partial charge in [0.05, 0.1) is 10.6 Å². The van der Waals surface area contributed by atoms with E-state index in [1.807, 2.05) is 13.1 Å². The molecule has 0 unspecified atom stereocenters. The van der Waals surface area contributed by atoms with Crippen LogP contribution in [0.25, 0.3) is 0 Å². The van der Waals surface area contributed by atoms with Gasteiger partial charge < -0.3 is 4.90 Å². The van der Waals surface area contributed by atoms with Gasteiger partial charge in [0.15, 0.2) is 11.4 Å². The van der Waals surface area contributed by atoms with Crippen molar-refractivity contribution in [3.8, 4) is 0 Å². The highest BCUT2D eigenvalue weighted by Crippen LogP contribution is 2.25. The molecule has 0 aliphatic rings. The number of carbonyl (C=O) groups excluding carboxylic acids is 1. The van der Waals surface area contributed by atoms with E-state index in [0.29, 0.717) is 0 Å². The van der Waals surface area contributed by atoms with E-state index in [4.69, 9.17) is 0 Å². The highest BCUT2D eigenvalue weighted by Gasteiger charge is 2.12. The number of likely N-dealkylation sites (N-methyl/N-ethyl adjacent to an activating group) is 1. The van der Waals surface area contributed by atoms with Crippen molar-refractivity contribution in [3.63, 3.8) is 0 Å². The van der Waals surface area contributed by atoms with E-state index in [0.717, 1.165) is 47.8 Å². The van der Waals surface area contributed by atoms with Crippen LogP contribution in [0.4, 0.5) is 5.13 Å². The van der Waals surface area contributed by atoms with Gasteiger partial charge in [-0.3, -0.25) is 4.79 Å². The Morgan fingerprint density at radius 1 is 1.25 bits per heavy atom. The van der Waals surface area contributed by atoms with Crippen molar-refractivity contribution in [2.45, 2.75) is 26.2 Å². The van der Waals surface area contributed by atoms with Crippen LogP contribution >= 0.6 is 11.3 Å². The van der Waals surface area contributed by atoms with Gasteiger partial charge in [0, 0.05) is 13.6 Å². The molecule has 0 fully saturated rings. The average Bonchev–Trinajstić information content (AvgIpc) is 2.89. The van der Waals surface area contributed by atoms with Gasteiger partial charge in [-0.05, 0) is 18.4 Å². The average molecular weight is 288 g/mol. The summed E-state index contributed by atoms with van der Waals surface area (Å²) in [6.45, 7) is 3.01. The van der Waals surface area contributed by atoms with Crippen molar-refractivity contribution in [1.82, 2.24) is 4.98 Å². The minimum absolute atomic E-state index is 0.772. The van der Waals surface area contributed by atoms with E-state index < -0.39 is 0 Å². The SMILES string of the molecule is CCCc1nc(N(C)CCc2ccccc2)sc1C=O. The minimum Gasteiger partial charge on any atom is -0.351 e. The second-order valence-corrected chi connectivity index (χ2v) is 5.84. The van der Waals surface area contributed by atoms with Gasteiger partial charge in [-0.15, -0.1) is 0 Å². The minimum atomic E-state index is 0.772. The van der Waals surface area contributed by atoms with Crippen LogP contribution in [0.3, 0.4) is 0 Å². The molecule has 106 valence electrons. The molecule has 2 rings (SSSR count). The van der Waals surface area contributed by atoms with E-state index in [1.54, 1.807) is 0 Å². The van der Waals surface area contributed by atoms with E-state index in [1.165, 1.54) is 16.9 Å². The fourth-order valence-corrected chi connectivity index (χ4v) is 2.97. The predicted octanol–water partition coefficient (Wildman–Crippen LogP) is 3.59. The summed E-state index contributed by atoms with van der Waals surface area (Å²) in [6.07, 6.45) is 3.79. The van der Waals surface area contributed by atoms with Crippen molar-refractivity contribution < 1.29 is 4.79 Å². The number of aryl methyl sites for hydroxylation is 1. The summed E-state index contributed by atoms with van der Waals surface area (Å²) in [6, 6.07) is 10.4. The zero-order valence-electron chi connectivity index (χ0n) is 12.0. The van der Waals surface area contributed by atoms with Crippen LogP contribution in [0.5, 0.6) is 0 Å². The molecule has 0 N–H and O–H groups in total. The first-order valence-electron chi connectivity index (χ1n) is 6.94. The molecular formula is C16H20N2OS. The monoisotopic (exact) mass is 288 g/mol. The molecule has 0 aliphatic heterocycles. The molecule has 2 aromatic rings. The van der Waals surface area contributed by atoms with E-state index >= 15 is 0 Å². The van der Waals surface area contributed by atoms with E-state index in [2.05, 4.69) is 41.1 Å². The molecule has 0 spiro atoms. The van der Waals surface area contributed by atoms with Gasteiger partial charge in [0.2, 0.25) is 0 Å². The van der Waals surface area contributed by atoms with Gasteiger partial charge in [-0.1, -0.05) is 55.0 Å². The van der Waals surface area contributed by atoms with E-state index in [-0.39, 0.29) is 0 Å². The summed E-state index contributed by atoms with van der Waals surface area (Å²) in [7, 11) is 2.03. The van der Waals surface area contributed by atoms with Crippen molar-refractivity contribution >= 4 is 22.8 Å². The van der Waals surface area contributed by atoms with Gasteiger partial charge >= 0.3 is 0 Å². The maximum Gasteiger partial charge on any atom is 0.185 e. The lowest BCUT2D eigenvalue weighted by molar-refractivity contribution is 0.112. The van der Waals surface area contributed by atoms with Crippen molar-refractivity contribution in [2.24, 2.45) is 0 Å². The molecule has 0 atom stereocenters. The third-order valence-corrected chi connectivity index (χ3v) is 4.35. The van der Waals surface area contributed by atoms with Crippen LogP contribution in [0.2, 0.25) is 0 Å². The number of hydrogen-bond donors (Lipinski definition) is 0. The summed E-state index contributed by atoms with van der Waals surface area (Å²) in [5.41, 5.74) is 2.26. The zero-order valence-corrected chi connectivity index (χ0v) is 12.8. The van der Waals surface area contributed by atoms with Crippen molar-refractivity contribution in [3.05, 3.63) is 46.5 Å². The van der Waals surface area contributed by atoms with Crippen LogP contribution in [0, 0.1) is 0 Å². The second-order valence-electron chi connectivity index (χ2n) is 4.83. The Kier molecular flexibility index (Phi) is 5.30. The number of anilines is 1. The smallest absolute Gasteiger partial charge is 0.185 e. The van der Waals surface area contributed by atoms with E-state index in [9.17, 15) is 4.79 Å². The Morgan fingerprint density at radius 2 is 2.00 bits per heavy atom. The number of aromatic nitrogens is 1. The van der Waals surface area contributed by atoms with Crippen LogP contribution in [-0.2, 0) is 12.8 Å². The largest absolute Gasteiger partial charge is 0.351 e. The number of aldehydes is 1. The molecule has 3 nitrogen and oxygen atoms in total. The Morgan fingerprint density at radius 3 is 2.65 bits per heavy atom. The zero-order chi connectivity index (χ0) is 14.4. The van der Waals surface area contributed by atoms with Crippen LogP contribution in [0.15, 0.2) is 30.3 Å². The number of benzene rings is 1. The second kappa shape index (κ2) is 7.20. The lowest BCUT2D eigenvalue weighted by Crippen LogP contribution is -2.20. The Hall–Kier alpha value is -1.68. The quantitative estimate of drug-likeness (QED) is 0.730. The standard InChI is InChI=1S/C16H20N2OS/c1-3-7-14-15(12-19)20-16(17-14)18(2)11-10-13-8-5-4-6-9-13/h4-6,8-9,12H,3,7,10-11H2,1-2H3. The topological polar surface area (TPSA) is 33.2 Å². The van der Waals surface area contributed by atoms with Crippen LogP contribution < -0.4 is 4.90 Å². The lowest BCUT2D eigenvalue weighted by atomic mass is 10.1. The molecule has 1 aromatic heterocycles. The number of hydrogen-bond acceptors (Lipinski definition) is 4. The molecule has 4 heteroatoms.